The van der Waals surface area contributed by atoms with E-state index in [4.69, 9.17) is 10.3 Å². The Morgan fingerprint density at radius 1 is 0.889 bits per heavy atom. The van der Waals surface area contributed by atoms with Gasteiger partial charge in [0.25, 0.3) is 5.89 Å². The molecule has 0 aliphatic heterocycles. The Kier molecular flexibility index (Phi) is 5.15. The van der Waals surface area contributed by atoms with Crippen LogP contribution in [0, 0.1) is 6.92 Å². The Morgan fingerprint density at radius 3 is 2.25 bits per heavy atom. The number of benzene rings is 1. The van der Waals surface area contributed by atoms with Crippen molar-refractivity contribution in [3.63, 3.8) is 0 Å². The monoisotopic (exact) mass is 506 g/mol. The predicted molar refractivity (Wildman–Crippen MR) is 112 cm³/mol. The summed E-state index contributed by atoms with van der Waals surface area (Å²) in [6.07, 6.45) is -5.74. The van der Waals surface area contributed by atoms with Gasteiger partial charge in [-0.3, -0.25) is 0 Å². The zero-order valence-electron chi connectivity index (χ0n) is 17.9. The summed E-state index contributed by atoms with van der Waals surface area (Å²) in [5.41, 5.74) is 3.02. The summed E-state index contributed by atoms with van der Waals surface area (Å²) in [5, 5.41) is 7.54. The maximum absolute atomic E-state index is 13.9. The number of nitrogen functional groups attached to an aromatic ring is 1. The molecule has 0 amide bonds. The molecule has 0 unspecified atom stereocenters. The molecule has 0 fully saturated rings. The van der Waals surface area contributed by atoms with Crippen molar-refractivity contribution in [2.24, 2.45) is 0 Å². The zero-order valence-corrected chi connectivity index (χ0v) is 17.9. The van der Waals surface area contributed by atoms with E-state index < -0.39 is 23.6 Å². The van der Waals surface area contributed by atoms with E-state index in [-0.39, 0.29) is 45.7 Å². The van der Waals surface area contributed by atoms with Gasteiger partial charge in [0.15, 0.2) is 11.3 Å². The Morgan fingerprint density at radius 2 is 1.61 bits per heavy atom. The molecule has 1 aromatic carbocycles. The van der Waals surface area contributed by atoms with Gasteiger partial charge in [0.2, 0.25) is 11.8 Å². The Bertz CT molecular complexity index is 1590. The van der Waals surface area contributed by atoms with Crippen LogP contribution in [0.3, 0.4) is 0 Å². The lowest BCUT2D eigenvalue weighted by molar-refractivity contribution is -0.142. The molecule has 9 nitrogen and oxygen atoms in total. The van der Waals surface area contributed by atoms with Gasteiger partial charge in [0, 0.05) is 18.0 Å². The number of alkyl halides is 6. The van der Waals surface area contributed by atoms with Crippen LogP contribution in [0.1, 0.15) is 16.8 Å². The first kappa shape index (κ1) is 23.2. The van der Waals surface area contributed by atoms with Crippen LogP contribution in [-0.4, -0.2) is 34.7 Å². The van der Waals surface area contributed by atoms with E-state index in [0.717, 1.165) is 24.4 Å². The highest BCUT2D eigenvalue weighted by molar-refractivity contribution is 5.75. The van der Waals surface area contributed by atoms with E-state index in [1.165, 1.54) is 19.3 Å². The quantitative estimate of drug-likeness (QED) is 0.346. The van der Waals surface area contributed by atoms with E-state index in [1.807, 2.05) is 0 Å². The minimum atomic E-state index is -4.86. The van der Waals surface area contributed by atoms with Crippen LogP contribution in [0.15, 0.2) is 47.4 Å². The number of anilines is 1. The second-order valence-electron chi connectivity index (χ2n) is 7.60. The summed E-state index contributed by atoms with van der Waals surface area (Å²) < 4.78 is 86.8. The first-order chi connectivity index (χ1) is 16.9. The second-order valence-corrected chi connectivity index (χ2v) is 7.60. The fraction of sp³-hybridized carbons (Fsp3) is 0.143. The molecule has 15 heteroatoms. The van der Waals surface area contributed by atoms with Gasteiger partial charge in [-0.05, 0) is 30.7 Å². The number of aryl methyl sites for hydroxylation is 1. The summed E-state index contributed by atoms with van der Waals surface area (Å²) >= 11 is 0. The number of hydrogen-bond acceptors (Lipinski definition) is 8. The SMILES string of the molecule is Cc1cc(-c2cc(C(F)(F)F)n3ncc(-c4nc(-c5cnc(N)nc5)no4)c3n2)ccc1C(F)(F)F. The van der Waals surface area contributed by atoms with E-state index in [1.54, 1.807) is 0 Å². The van der Waals surface area contributed by atoms with Gasteiger partial charge >= 0.3 is 12.4 Å². The average molecular weight is 506 g/mol. The van der Waals surface area contributed by atoms with Crippen molar-refractivity contribution in [1.29, 1.82) is 0 Å². The molecule has 4 aromatic heterocycles. The third-order valence-electron chi connectivity index (χ3n) is 5.18. The minimum Gasteiger partial charge on any atom is -0.368 e. The van der Waals surface area contributed by atoms with E-state index in [2.05, 4.69) is 30.2 Å². The molecular formula is C21H12F6N8O. The molecule has 0 radical (unpaired) electrons. The number of fused-ring (bicyclic) bond motifs is 1. The van der Waals surface area contributed by atoms with Crippen LogP contribution in [0.4, 0.5) is 32.3 Å². The molecule has 5 aromatic rings. The van der Waals surface area contributed by atoms with Crippen LogP contribution in [0.25, 0.3) is 39.7 Å². The summed E-state index contributed by atoms with van der Waals surface area (Å²) in [4.78, 5) is 16.0. The van der Waals surface area contributed by atoms with Crippen molar-refractivity contribution in [3.05, 3.63) is 59.7 Å². The third kappa shape index (κ3) is 4.08. The van der Waals surface area contributed by atoms with Crippen molar-refractivity contribution in [2.75, 3.05) is 5.73 Å². The molecule has 5 rings (SSSR count). The Balaban J connectivity index is 1.66. The summed E-state index contributed by atoms with van der Waals surface area (Å²) in [5.74, 6) is -0.145. The number of hydrogen-bond donors (Lipinski definition) is 1. The highest BCUT2D eigenvalue weighted by Crippen LogP contribution is 2.37. The highest BCUT2D eigenvalue weighted by Gasteiger charge is 2.36. The van der Waals surface area contributed by atoms with E-state index in [9.17, 15) is 26.3 Å². The van der Waals surface area contributed by atoms with Crippen LogP contribution >= 0.6 is 0 Å². The van der Waals surface area contributed by atoms with E-state index in [0.29, 0.717) is 16.1 Å². The molecule has 0 spiro atoms. The molecule has 0 bridgehead atoms. The Hall–Kier alpha value is -4.56. The van der Waals surface area contributed by atoms with Gasteiger partial charge in [0.1, 0.15) is 5.56 Å². The molecule has 36 heavy (non-hydrogen) atoms. The first-order valence-corrected chi connectivity index (χ1v) is 9.98. The summed E-state index contributed by atoms with van der Waals surface area (Å²) in [6.45, 7) is 1.21. The second kappa shape index (κ2) is 8.00. The van der Waals surface area contributed by atoms with Crippen molar-refractivity contribution in [1.82, 2.24) is 34.7 Å². The number of nitrogens with zero attached hydrogens (tertiary/aromatic N) is 7. The Labute approximate surface area is 196 Å². The molecule has 0 aliphatic rings. The van der Waals surface area contributed by atoms with Gasteiger partial charge in [-0.25, -0.2) is 19.5 Å². The minimum absolute atomic E-state index is 0.0139. The number of rotatable bonds is 3. The fourth-order valence-corrected chi connectivity index (χ4v) is 3.51. The maximum atomic E-state index is 13.9. The standard InChI is InChI=1S/C21H12F6N8O/c1-9-4-10(2-3-13(9)20(22,23)24)14-5-15(21(25,26)27)35-17(32-14)12(8-31-35)18-33-16(34-36-18)11-6-29-19(28)30-7-11/h2-8H,1H3,(H2,28,29,30). The molecule has 4 heterocycles. The van der Waals surface area contributed by atoms with Gasteiger partial charge in [-0.2, -0.15) is 36.4 Å². The van der Waals surface area contributed by atoms with Crippen LogP contribution in [0.5, 0.6) is 0 Å². The topological polar surface area (TPSA) is 121 Å². The number of halogens is 6. The lowest BCUT2D eigenvalue weighted by Gasteiger charge is -2.14. The average Bonchev–Trinajstić information content (AvgIpc) is 3.44. The first-order valence-electron chi connectivity index (χ1n) is 9.98. The fourth-order valence-electron chi connectivity index (χ4n) is 3.51. The number of aromatic nitrogens is 7. The third-order valence-corrected chi connectivity index (χ3v) is 5.18. The van der Waals surface area contributed by atoms with Crippen LogP contribution in [-0.2, 0) is 12.4 Å². The molecule has 0 saturated carbocycles. The van der Waals surface area contributed by atoms with Crippen molar-refractivity contribution in [3.8, 4) is 34.1 Å². The van der Waals surface area contributed by atoms with Gasteiger partial charge < -0.3 is 10.3 Å². The summed E-state index contributed by atoms with van der Waals surface area (Å²) in [7, 11) is 0. The zero-order chi connectivity index (χ0) is 25.8. The van der Waals surface area contributed by atoms with E-state index >= 15 is 0 Å². The van der Waals surface area contributed by atoms with Crippen LogP contribution in [0.2, 0.25) is 0 Å². The van der Waals surface area contributed by atoms with Crippen molar-refractivity contribution in [2.45, 2.75) is 19.3 Å². The molecular weight excluding hydrogens is 494 g/mol. The highest BCUT2D eigenvalue weighted by atomic mass is 19.4. The van der Waals surface area contributed by atoms with Gasteiger partial charge in [-0.1, -0.05) is 11.2 Å². The molecule has 0 atom stereocenters. The molecule has 2 N–H and O–H groups in total. The lowest BCUT2D eigenvalue weighted by Crippen LogP contribution is -2.14. The predicted octanol–water partition coefficient (Wildman–Crippen LogP) is 4.83. The number of nitrogens with two attached hydrogens (primary N) is 1. The summed E-state index contributed by atoms with van der Waals surface area (Å²) in [6, 6.07) is 3.66. The molecule has 184 valence electrons. The molecule has 0 aliphatic carbocycles. The molecule has 0 saturated heterocycles. The van der Waals surface area contributed by atoms with Crippen molar-refractivity contribution < 1.29 is 30.9 Å². The van der Waals surface area contributed by atoms with Crippen LogP contribution < -0.4 is 5.73 Å². The largest absolute Gasteiger partial charge is 0.433 e. The van der Waals surface area contributed by atoms with Gasteiger partial charge in [-0.15, -0.1) is 0 Å². The van der Waals surface area contributed by atoms with Gasteiger partial charge in [0.05, 0.1) is 23.0 Å². The maximum Gasteiger partial charge on any atom is 0.433 e. The normalized spacial score (nSPS) is 12.4. The smallest absolute Gasteiger partial charge is 0.368 e. The van der Waals surface area contributed by atoms with Crippen molar-refractivity contribution >= 4 is 11.6 Å². The lowest BCUT2D eigenvalue weighted by atomic mass is 10.0.